The topological polar surface area (TPSA) is 64.3 Å². The first kappa shape index (κ1) is 4.65. The lowest BCUT2D eigenvalue weighted by atomic mass is 10.5. The lowest BCUT2D eigenvalue weighted by Gasteiger charge is -1.81. The second kappa shape index (κ2) is 1.54. The highest BCUT2D eigenvalue weighted by Gasteiger charge is 2.05. The molecule has 1 aromatic rings. The SMILES string of the molecule is N#[N+]c1ccoc1[O-]. The third kappa shape index (κ3) is 0.500. The summed E-state index contributed by atoms with van der Waals surface area (Å²) in [5.41, 5.74) is -0.0648. The van der Waals surface area contributed by atoms with Gasteiger partial charge in [-0.05, 0) is 6.26 Å². The van der Waals surface area contributed by atoms with Crippen LogP contribution in [0.1, 0.15) is 0 Å². The summed E-state index contributed by atoms with van der Waals surface area (Å²) in [7, 11) is 0. The fraction of sp³-hybridized carbons (Fsp3) is 0. The van der Waals surface area contributed by atoms with Crippen molar-refractivity contribution in [2.75, 3.05) is 0 Å². The minimum absolute atomic E-state index is 0.0648. The molecule has 8 heavy (non-hydrogen) atoms. The monoisotopic (exact) mass is 110 g/mol. The zero-order chi connectivity index (χ0) is 5.98. The molecule has 1 rings (SSSR count). The van der Waals surface area contributed by atoms with E-state index in [9.17, 15) is 5.11 Å². The van der Waals surface area contributed by atoms with E-state index in [4.69, 9.17) is 5.39 Å². The van der Waals surface area contributed by atoms with Crippen molar-refractivity contribution in [2.45, 2.75) is 0 Å². The summed E-state index contributed by atoms with van der Waals surface area (Å²) in [4.78, 5) is 2.62. The Labute approximate surface area is 45.0 Å². The quantitative estimate of drug-likeness (QED) is 0.465. The highest BCUT2D eigenvalue weighted by molar-refractivity contribution is 5.49. The minimum Gasteiger partial charge on any atom is -0.581 e. The van der Waals surface area contributed by atoms with Gasteiger partial charge in [0.05, 0.1) is 0 Å². The first-order valence-electron chi connectivity index (χ1n) is 1.94. The molecule has 0 radical (unpaired) electrons. The molecule has 4 nitrogen and oxygen atoms in total. The van der Waals surface area contributed by atoms with Gasteiger partial charge >= 0.3 is 5.69 Å². The summed E-state index contributed by atoms with van der Waals surface area (Å²) >= 11 is 0. The first-order valence-corrected chi connectivity index (χ1v) is 1.94. The van der Waals surface area contributed by atoms with Crippen LogP contribution in [0.2, 0.25) is 0 Å². The molecule has 0 saturated heterocycles. The lowest BCUT2D eigenvalue weighted by molar-refractivity contribution is -0.292. The van der Waals surface area contributed by atoms with Crippen molar-refractivity contribution in [3.63, 3.8) is 0 Å². The Bertz CT molecular complexity index is 222. The van der Waals surface area contributed by atoms with Gasteiger partial charge < -0.3 is 9.52 Å². The molecule has 40 valence electrons. The van der Waals surface area contributed by atoms with Crippen molar-refractivity contribution in [1.82, 2.24) is 0 Å². The number of hydrogen-bond donors (Lipinski definition) is 0. The van der Waals surface area contributed by atoms with Crippen LogP contribution in [0.3, 0.4) is 0 Å². The third-order valence-electron chi connectivity index (χ3n) is 0.718. The van der Waals surface area contributed by atoms with E-state index in [2.05, 4.69) is 9.39 Å². The zero-order valence-electron chi connectivity index (χ0n) is 3.87. The Kier molecular flexibility index (Phi) is 0.897. The Hall–Kier alpha value is -1.50. The van der Waals surface area contributed by atoms with Gasteiger partial charge in [0.25, 0.3) is 0 Å². The van der Waals surface area contributed by atoms with Crippen molar-refractivity contribution in [2.24, 2.45) is 0 Å². The second-order valence-corrected chi connectivity index (χ2v) is 1.19. The van der Waals surface area contributed by atoms with Crippen LogP contribution in [0, 0.1) is 5.39 Å². The molecule has 0 fully saturated rings. The molecule has 0 spiro atoms. The van der Waals surface area contributed by atoms with Gasteiger partial charge in [-0.1, -0.05) is 0 Å². The molecule has 0 atom stereocenters. The predicted molar refractivity (Wildman–Crippen MR) is 22.9 cm³/mol. The standard InChI is InChI=1S/C4H2N2O2/c5-6-3-1-2-8-4(3)7/h1-2H. The summed E-state index contributed by atoms with van der Waals surface area (Å²) in [6.07, 6.45) is 1.16. The lowest BCUT2D eigenvalue weighted by Crippen LogP contribution is -1.83. The molecule has 0 saturated carbocycles. The second-order valence-electron chi connectivity index (χ2n) is 1.19. The van der Waals surface area contributed by atoms with E-state index in [1.165, 1.54) is 6.07 Å². The number of diazo groups is 1. The van der Waals surface area contributed by atoms with Crippen LogP contribution in [-0.2, 0) is 0 Å². The number of nitrogens with zero attached hydrogens (tertiary/aromatic N) is 2. The average molecular weight is 110 g/mol. The highest BCUT2D eigenvalue weighted by Crippen LogP contribution is 2.22. The van der Waals surface area contributed by atoms with E-state index in [-0.39, 0.29) is 5.69 Å². The Balaban J connectivity index is 3.15. The van der Waals surface area contributed by atoms with Crippen LogP contribution in [0.5, 0.6) is 5.95 Å². The van der Waals surface area contributed by atoms with Crippen LogP contribution in [-0.4, -0.2) is 0 Å². The van der Waals surface area contributed by atoms with E-state index in [0.717, 1.165) is 6.26 Å². The molecular formula is C4H2N2O2. The molecule has 4 heteroatoms. The Morgan fingerprint density at radius 1 is 1.75 bits per heavy atom. The van der Waals surface area contributed by atoms with E-state index >= 15 is 0 Å². The molecule has 0 amide bonds. The van der Waals surface area contributed by atoms with Crippen LogP contribution < -0.4 is 5.11 Å². The summed E-state index contributed by atoms with van der Waals surface area (Å²) in [5.74, 6) is -0.618. The van der Waals surface area contributed by atoms with Gasteiger partial charge in [0.15, 0.2) is 10.9 Å². The van der Waals surface area contributed by atoms with Crippen LogP contribution in [0.4, 0.5) is 5.69 Å². The smallest absolute Gasteiger partial charge is 0.407 e. The number of hydrogen-bond acceptors (Lipinski definition) is 3. The first-order chi connectivity index (χ1) is 3.84. The molecule has 1 heterocycles. The molecule has 0 aromatic carbocycles. The molecular weight excluding hydrogens is 108 g/mol. The van der Waals surface area contributed by atoms with Crippen molar-refractivity contribution >= 4 is 5.69 Å². The Morgan fingerprint density at radius 2 is 2.50 bits per heavy atom. The van der Waals surface area contributed by atoms with E-state index in [1.54, 1.807) is 0 Å². The maximum atomic E-state index is 10.2. The Morgan fingerprint density at radius 3 is 2.75 bits per heavy atom. The van der Waals surface area contributed by atoms with Gasteiger partial charge in [-0.25, -0.2) is 0 Å². The van der Waals surface area contributed by atoms with E-state index in [0.29, 0.717) is 0 Å². The summed E-state index contributed by atoms with van der Waals surface area (Å²) < 4.78 is 4.25. The molecule has 0 aliphatic heterocycles. The van der Waals surface area contributed by atoms with Gasteiger partial charge in [0.2, 0.25) is 5.39 Å². The summed E-state index contributed by atoms with van der Waals surface area (Å²) in [5, 5.41) is 18.2. The van der Waals surface area contributed by atoms with Gasteiger partial charge in [-0.15, -0.1) is 0 Å². The van der Waals surface area contributed by atoms with Crippen molar-refractivity contribution in [3.8, 4) is 5.95 Å². The fourth-order valence-corrected chi connectivity index (χ4v) is 0.363. The van der Waals surface area contributed by atoms with Gasteiger partial charge in [0, 0.05) is 6.07 Å². The minimum atomic E-state index is -0.618. The molecule has 0 aliphatic carbocycles. The molecule has 0 bridgehead atoms. The van der Waals surface area contributed by atoms with Crippen molar-refractivity contribution in [3.05, 3.63) is 17.3 Å². The van der Waals surface area contributed by atoms with Crippen LogP contribution in [0.15, 0.2) is 16.7 Å². The molecule has 0 aliphatic rings. The van der Waals surface area contributed by atoms with Gasteiger partial charge in [-0.2, -0.15) is 0 Å². The van der Waals surface area contributed by atoms with E-state index < -0.39 is 5.95 Å². The predicted octanol–water partition coefficient (Wildman–Crippen LogP) is 0.838. The van der Waals surface area contributed by atoms with Gasteiger partial charge in [0.1, 0.15) is 0 Å². The van der Waals surface area contributed by atoms with Crippen molar-refractivity contribution in [1.29, 1.82) is 5.39 Å². The van der Waals surface area contributed by atoms with Crippen molar-refractivity contribution < 1.29 is 9.52 Å². The average Bonchev–Trinajstić information content (AvgIpc) is 2.14. The maximum absolute atomic E-state index is 10.2. The summed E-state index contributed by atoms with van der Waals surface area (Å²) in [6, 6.07) is 1.28. The normalized spacial score (nSPS) is 8.38. The maximum Gasteiger partial charge on any atom is 0.407 e. The van der Waals surface area contributed by atoms with Crippen LogP contribution >= 0.6 is 0 Å². The molecule has 0 N–H and O–H groups in total. The zero-order valence-corrected chi connectivity index (χ0v) is 3.87. The molecule has 0 unspecified atom stereocenters. The number of rotatable bonds is 0. The van der Waals surface area contributed by atoms with E-state index in [1.807, 2.05) is 0 Å². The van der Waals surface area contributed by atoms with Gasteiger partial charge in [-0.3, -0.25) is 0 Å². The largest absolute Gasteiger partial charge is 0.581 e. The number of furan rings is 1. The highest BCUT2D eigenvalue weighted by atomic mass is 16.5. The fourth-order valence-electron chi connectivity index (χ4n) is 0.363. The summed E-state index contributed by atoms with van der Waals surface area (Å²) in [6.45, 7) is 0. The molecule has 1 aromatic heterocycles. The third-order valence-corrected chi connectivity index (χ3v) is 0.718. The van der Waals surface area contributed by atoms with Crippen LogP contribution in [0.25, 0.3) is 4.98 Å².